The van der Waals surface area contributed by atoms with Crippen LogP contribution in [0.2, 0.25) is 0 Å². The van der Waals surface area contributed by atoms with E-state index < -0.39 is 0 Å². The first-order chi connectivity index (χ1) is 53.6. The quantitative estimate of drug-likeness (QED) is 0.0894. The Labute approximate surface area is 633 Å². The first-order valence-corrected chi connectivity index (χ1v) is 37.3. The number of hydrogen-bond acceptors (Lipinski definition) is 4. The molecule has 2 heterocycles. The van der Waals surface area contributed by atoms with Crippen molar-refractivity contribution in [3.63, 3.8) is 0 Å². The van der Waals surface area contributed by atoms with Crippen LogP contribution in [0, 0.1) is 6.92 Å². The van der Waals surface area contributed by atoms with Gasteiger partial charge in [0.15, 0.2) is 0 Å². The molecule has 0 saturated carbocycles. The van der Waals surface area contributed by atoms with Crippen molar-refractivity contribution in [3.8, 4) is 89.0 Å². The van der Waals surface area contributed by atoms with Gasteiger partial charge in [-0.25, -0.2) is 0 Å². The van der Waals surface area contributed by atoms with Gasteiger partial charge in [0.25, 0.3) is 6.71 Å². The summed E-state index contributed by atoms with van der Waals surface area (Å²) in [6.45, 7) is 1.95. The van der Waals surface area contributed by atoms with Crippen molar-refractivity contribution in [2.24, 2.45) is 0 Å². The second-order valence-corrected chi connectivity index (χ2v) is 27.9. The van der Waals surface area contributed by atoms with Gasteiger partial charge in [-0.15, -0.1) is 0 Å². The molecule has 17 aromatic rings. The molecule has 19 rings (SSSR count). The van der Waals surface area contributed by atoms with E-state index in [9.17, 15) is 0 Å². The molecule has 0 amide bonds. The van der Waals surface area contributed by atoms with Crippen LogP contribution in [0.25, 0.3) is 89.0 Å². The number of anilines is 12. The lowest BCUT2D eigenvalue weighted by Crippen LogP contribution is -2.61. The van der Waals surface area contributed by atoms with E-state index in [0.717, 1.165) is 174 Å². The summed E-state index contributed by atoms with van der Waals surface area (Å²) < 4.78 is 0. The van der Waals surface area contributed by atoms with E-state index in [1.165, 1.54) is 5.46 Å². The summed E-state index contributed by atoms with van der Waals surface area (Å²) in [6, 6.07) is 157. The summed E-state index contributed by atoms with van der Waals surface area (Å²) >= 11 is 0. The van der Waals surface area contributed by atoms with Crippen LogP contribution in [-0.4, -0.2) is 6.71 Å². The fourth-order valence-electron chi connectivity index (χ4n) is 16.9. The van der Waals surface area contributed by atoms with Crippen molar-refractivity contribution in [1.82, 2.24) is 0 Å². The molecule has 0 bridgehead atoms. The molecule has 0 radical (unpaired) electrons. The molecule has 2 aliphatic rings. The smallest absolute Gasteiger partial charge is 0.252 e. The van der Waals surface area contributed by atoms with Crippen LogP contribution in [0.3, 0.4) is 0 Å². The first kappa shape index (κ1) is 64.8. The molecule has 0 unspecified atom stereocenters. The Hall–Kier alpha value is -14.0. The van der Waals surface area contributed by atoms with Gasteiger partial charge >= 0.3 is 0 Å². The summed E-state index contributed by atoms with van der Waals surface area (Å²) in [5.74, 6) is 0. The molecule has 108 heavy (non-hydrogen) atoms. The number of fused-ring (bicyclic) bond motifs is 4. The number of hydrogen-bond donors (Lipinski definition) is 0. The largest absolute Gasteiger partial charge is 0.311 e. The summed E-state index contributed by atoms with van der Waals surface area (Å²) in [4.78, 5) is 10.2. The monoisotopic (exact) mass is 1380 g/mol. The maximum atomic E-state index is 2.68. The average molecular weight is 1380 g/mol. The Morgan fingerprint density at radius 3 is 0.694 bits per heavy atom. The molecule has 0 aromatic heterocycles. The van der Waals surface area contributed by atoms with Crippen molar-refractivity contribution in [2.75, 3.05) is 19.6 Å². The van der Waals surface area contributed by atoms with Crippen molar-refractivity contribution in [1.29, 1.82) is 0 Å². The molecule has 0 atom stereocenters. The van der Waals surface area contributed by atoms with Crippen LogP contribution in [0.1, 0.15) is 5.56 Å². The van der Waals surface area contributed by atoms with Crippen LogP contribution in [0.4, 0.5) is 68.2 Å². The second-order valence-electron chi connectivity index (χ2n) is 27.9. The van der Waals surface area contributed by atoms with E-state index in [1.54, 1.807) is 0 Å². The molecule has 0 fully saturated rings. The van der Waals surface area contributed by atoms with E-state index in [0.29, 0.717) is 0 Å². The molecule has 0 aliphatic carbocycles. The van der Waals surface area contributed by atoms with Crippen molar-refractivity contribution in [3.05, 3.63) is 430 Å². The molecule has 0 N–H and O–H groups in total. The Morgan fingerprint density at radius 2 is 0.426 bits per heavy atom. The summed E-state index contributed by atoms with van der Waals surface area (Å²) in [7, 11) is 0. The Kier molecular flexibility index (Phi) is 16.9. The molecule has 0 saturated heterocycles. The van der Waals surface area contributed by atoms with Crippen LogP contribution in [0.15, 0.2) is 425 Å². The van der Waals surface area contributed by atoms with Crippen LogP contribution in [0.5, 0.6) is 0 Å². The minimum Gasteiger partial charge on any atom is -0.311 e. The lowest BCUT2D eigenvalue weighted by molar-refractivity contribution is 1.23. The lowest BCUT2D eigenvalue weighted by Gasteiger charge is -2.46. The number of nitrogens with zero attached hydrogens (tertiary/aromatic N) is 4. The molecular weight excluding hydrogens is 1300 g/mol. The SMILES string of the molecule is Cc1cc2c3c(c1)N(c1c(-c4ccccc4-c4ccccc4)cccc1-c1ccccc1-c1ccccc1)c1ccc(N(c4ccccc4)c4ccccc4)cc1B3c1cc(N(c3ccccc3)c3ccccc3)ccc1N2c1c(-c2ccccc2-c2ccccc2)cccc1-c1ccccc1-c1ccccc1. The fraction of sp³-hybridized carbons (Fsp3) is 0.00971. The number of aryl methyl sites for hydroxylation is 1. The minimum atomic E-state index is -0.359. The highest BCUT2D eigenvalue weighted by Crippen LogP contribution is 2.56. The number of benzene rings is 17. The van der Waals surface area contributed by atoms with Crippen LogP contribution < -0.4 is 36.0 Å². The van der Waals surface area contributed by atoms with E-state index in [1.807, 2.05) is 0 Å². The third kappa shape index (κ3) is 11.6. The third-order valence-electron chi connectivity index (χ3n) is 21.5. The van der Waals surface area contributed by atoms with Crippen LogP contribution >= 0.6 is 0 Å². The predicted molar refractivity (Wildman–Crippen MR) is 458 cm³/mol. The maximum absolute atomic E-state index is 2.68. The van der Waals surface area contributed by atoms with E-state index in [2.05, 4.69) is 451 Å². The van der Waals surface area contributed by atoms with Gasteiger partial charge in [0.05, 0.1) is 11.4 Å². The highest BCUT2D eigenvalue weighted by molar-refractivity contribution is 7.00. The summed E-state index contributed by atoms with van der Waals surface area (Å²) in [5, 5.41) is 0. The van der Waals surface area contributed by atoms with Crippen molar-refractivity contribution < 1.29 is 0 Å². The summed E-state index contributed by atoms with van der Waals surface area (Å²) in [6.07, 6.45) is 0. The van der Waals surface area contributed by atoms with Gasteiger partial charge in [0.2, 0.25) is 0 Å². The van der Waals surface area contributed by atoms with Crippen molar-refractivity contribution >= 4 is 91.3 Å². The highest BCUT2D eigenvalue weighted by Gasteiger charge is 2.46. The second kappa shape index (κ2) is 28.2. The van der Waals surface area contributed by atoms with Gasteiger partial charge in [-0.3, -0.25) is 0 Å². The molecule has 4 nitrogen and oxygen atoms in total. The van der Waals surface area contributed by atoms with Crippen molar-refractivity contribution in [2.45, 2.75) is 6.92 Å². The van der Waals surface area contributed by atoms with Gasteiger partial charge in [-0.2, -0.15) is 0 Å². The number of rotatable bonds is 16. The normalized spacial score (nSPS) is 11.9. The molecule has 508 valence electrons. The van der Waals surface area contributed by atoms with Gasteiger partial charge in [0, 0.05) is 79.1 Å². The van der Waals surface area contributed by atoms with Gasteiger partial charge < -0.3 is 19.6 Å². The fourth-order valence-corrected chi connectivity index (χ4v) is 16.9. The van der Waals surface area contributed by atoms with E-state index in [-0.39, 0.29) is 6.71 Å². The third-order valence-corrected chi connectivity index (χ3v) is 21.5. The molecule has 2 aliphatic heterocycles. The van der Waals surface area contributed by atoms with Gasteiger partial charge in [0.1, 0.15) is 0 Å². The maximum Gasteiger partial charge on any atom is 0.252 e. The molecule has 5 heteroatoms. The molecule has 0 spiro atoms. The zero-order valence-electron chi connectivity index (χ0n) is 59.8. The average Bonchev–Trinajstić information content (AvgIpc) is 0.687. The lowest BCUT2D eigenvalue weighted by atomic mass is 9.33. The summed E-state index contributed by atoms with van der Waals surface area (Å²) in [5.41, 5.74) is 35.6. The van der Waals surface area contributed by atoms with Crippen LogP contribution in [-0.2, 0) is 0 Å². The molecular formula is C103H73BN4. The predicted octanol–water partition coefficient (Wildman–Crippen LogP) is 26.4. The van der Waals surface area contributed by atoms with Gasteiger partial charge in [-0.1, -0.05) is 328 Å². The number of para-hydroxylation sites is 6. The topological polar surface area (TPSA) is 13.0 Å². The van der Waals surface area contributed by atoms with Gasteiger partial charge in [-0.05, 0) is 193 Å². The Morgan fingerprint density at radius 1 is 0.194 bits per heavy atom. The molecule has 17 aromatic carbocycles. The minimum absolute atomic E-state index is 0.359. The Balaban J connectivity index is 0.985. The zero-order chi connectivity index (χ0) is 71.9. The standard InChI is InChI=1S/C103H73BN4/c1-72-68-99-101-100(69-72)108(103-93(89-58-32-28-54-85(89)75-40-14-4-15-41-75)62-35-63-94(103)90-59-33-29-55-86(90)76-42-16-5-17-43-76)98-67-65-82(106(79-48-22-8-23-49-79)80-50-24-9-25-51-80)71-96(98)104(101)95-70-81(105(77-44-18-6-19-45-77)78-46-20-7-21-47-78)64-66-97(95)107(99)102-91(87-56-30-26-52-83(87)73-36-10-2-11-37-73)60-34-61-92(102)88-57-31-27-53-84(88)74-38-12-3-13-39-74/h2-71H,1H3. The first-order valence-electron chi connectivity index (χ1n) is 37.3. The highest BCUT2D eigenvalue weighted by atomic mass is 15.2. The zero-order valence-corrected chi connectivity index (χ0v) is 59.8. The Bertz CT molecular complexity index is 5480. The van der Waals surface area contributed by atoms with E-state index in [4.69, 9.17) is 0 Å². The van der Waals surface area contributed by atoms with E-state index >= 15 is 0 Å².